The third-order valence-electron chi connectivity index (χ3n) is 1.41. The fraction of sp³-hybridized carbons (Fsp3) is 1.00. The normalized spacial score (nSPS) is 26.8. The molecule has 2 atom stereocenters. The summed E-state index contributed by atoms with van der Waals surface area (Å²) in [6, 6.07) is 0. The number of hydrogen-bond acceptors (Lipinski definition) is 3. The van der Waals surface area contributed by atoms with Gasteiger partial charge in [-0.1, -0.05) is 0 Å². The zero-order valence-electron chi connectivity index (χ0n) is 6.84. The lowest BCUT2D eigenvalue weighted by Crippen LogP contribution is -2.06. The topological polar surface area (TPSA) is 34.3 Å². The van der Waals surface area contributed by atoms with Gasteiger partial charge in [-0.25, -0.2) is 0 Å². The van der Waals surface area contributed by atoms with E-state index in [0.29, 0.717) is 12.2 Å². The van der Waals surface area contributed by atoms with Gasteiger partial charge in [-0.15, -0.1) is 67.9 Å². The minimum absolute atomic E-state index is 0. The molecular weight excluding hydrogens is 440 g/mol. The Morgan fingerprint density at radius 2 is 1.15 bits per heavy atom. The molecule has 0 aromatic heterocycles. The molecule has 0 aromatic carbocycles. The average molecular weight is 454 g/mol. The molecule has 0 spiro atoms. The van der Waals surface area contributed by atoms with Crippen LogP contribution in [0.4, 0.5) is 0 Å². The van der Waals surface area contributed by atoms with Crippen molar-refractivity contribution in [2.75, 3.05) is 26.4 Å². The molecule has 0 aromatic rings. The van der Waals surface area contributed by atoms with Gasteiger partial charge in [0.05, 0.1) is 26.4 Å². The van der Waals surface area contributed by atoms with Gasteiger partial charge in [0.15, 0.2) is 0 Å². The van der Waals surface area contributed by atoms with E-state index in [4.69, 9.17) is 14.2 Å². The fourth-order valence-corrected chi connectivity index (χ4v) is 0.659. The fourth-order valence-electron chi connectivity index (χ4n) is 0.659. The van der Waals surface area contributed by atoms with Gasteiger partial charge in [-0.3, -0.25) is 0 Å². The summed E-state index contributed by atoms with van der Waals surface area (Å²) in [7, 11) is 0. The highest BCUT2D eigenvalue weighted by molar-refractivity contribution is 8.93. The molecule has 3 nitrogen and oxygen atoms in total. The minimum Gasteiger partial charge on any atom is -0.376 e. The second kappa shape index (κ2) is 10.3. The van der Waals surface area contributed by atoms with Crippen LogP contribution in [0.25, 0.3) is 0 Å². The Labute approximate surface area is 120 Å². The summed E-state index contributed by atoms with van der Waals surface area (Å²) in [6.45, 7) is 3.26. The van der Waals surface area contributed by atoms with Gasteiger partial charge >= 0.3 is 0 Å². The number of halogens is 4. The van der Waals surface area contributed by atoms with Crippen molar-refractivity contribution < 1.29 is 14.2 Å². The van der Waals surface area contributed by atoms with Crippen molar-refractivity contribution in [1.82, 2.24) is 0 Å². The van der Waals surface area contributed by atoms with Gasteiger partial charge in [0.1, 0.15) is 12.2 Å². The van der Waals surface area contributed by atoms with Crippen LogP contribution in [0.15, 0.2) is 0 Å². The first-order valence-electron chi connectivity index (χ1n) is 3.26. The smallest absolute Gasteiger partial charge is 0.104 e. The van der Waals surface area contributed by atoms with Crippen LogP contribution in [0.5, 0.6) is 0 Å². The number of epoxide rings is 2. The average Bonchev–Trinajstić information content (AvgIpc) is 2.57. The van der Waals surface area contributed by atoms with Gasteiger partial charge in [-0.2, -0.15) is 0 Å². The SMILES string of the molecule is Br.Br.Br.Br.C(OCC1CO1)C1CO1. The molecule has 0 N–H and O–H groups in total. The second-order valence-corrected chi connectivity index (χ2v) is 2.45. The molecule has 84 valence electrons. The first-order chi connectivity index (χ1) is 4.45. The zero-order valence-corrected chi connectivity index (χ0v) is 13.7. The highest BCUT2D eigenvalue weighted by Gasteiger charge is 2.26. The number of ether oxygens (including phenoxy) is 3. The van der Waals surface area contributed by atoms with Crippen molar-refractivity contribution in [2.45, 2.75) is 12.2 Å². The summed E-state index contributed by atoms with van der Waals surface area (Å²) in [5.41, 5.74) is 0. The summed E-state index contributed by atoms with van der Waals surface area (Å²) in [5.74, 6) is 0. The molecule has 2 rings (SSSR count). The van der Waals surface area contributed by atoms with E-state index in [0.717, 1.165) is 26.4 Å². The lowest BCUT2D eigenvalue weighted by molar-refractivity contribution is 0.102. The van der Waals surface area contributed by atoms with Crippen molar-refractivity contribution in [3.63, 3.8) is 0 Å². The molecule has 0 radical (unpaired) electrons. The molecule has 13 heavy (non-hydrogen) atoms. The molecule has 0 amide bonds. The van der Waals surface area contributed by atoms with E-state index in [1.807, 2.05) is 0 Å². The Kier molecular flexibility index (Phi) is 16.1. The van der Waals surface area contributed by atoms with Crippen molar-refractivity contribution in [2.24, 2.45) is 0 Å². The second-order valence-electron chi connectivity index (χ2n) is 2.45. The molecule has 2 saturated heterocycles. The van der Waals surface area contributed by atoms with Crippen LogP contribution < -0.4 is 0 Å². The van der Waals surface area contributed by atoms with Gasteiger partial charge < -0.3 is 14.2 Å². The Bertz CT molecular complexity index is 96.1. The zero-order chi connectivity index (χ0) is 6.10. The van der Waals surface area contributed by atoms with Crippen LogP contribution in [0.1, 0.15) is 0 Å². The molecule has 0 saturated carbocycles. The summed E-state index contributed by atoms with van der Waals surface area (Å²) in [4.78, 5) is 0. The molecule has 2 unspecified atom stereocenters. The molecule has 7 heteroatoms. The Morgan fingerprint density at radius 3 is 1.38 bits per heavy atom. The first-order valence-corrected chi connectivity index (χ1v) is 3.26. The monoisotopic (exact) mass is 450 g/mol. The first kappa shape index (κ1) is 20.2. The van der Waals surface area contributed by atoms with Crippen LogP contribution in [-0.4, -0.2) is 38.6 Å². The summed E-state index contributed by atoms with van der Waals surface area (Å²) >= 11 is 0. The Hall–Kier alpha value is 1.80. The molecule has 0 aliphatic carbocycles. The Balaban J connectivity index is -0.000000250. The van der Waals surface area contributed by atoms with E-state index in [1.54, 1.807) is 0 Å². The van der Waals surface area contributed by atoms with Crippen LogP contribution in [0, 0.1) is 0 Å². The van der Waals surface area contributed by atoms with E-state index in [1.165, 1.54) is 0 Å². The predicted molar refractivity (Wildman–Crippen MR) is 71.6 cm³/mol. The largest absolute Gasteiger partial charge is 0.376 e. The van der Waals surface area contributed by atoms with E-state index in [9.17, 15) is 0 Å². The summed E-state index contributed by atoms with van der Waals surface area (Å²) in [5, 5.41) is 0. The highest BCUT2D eigenvalue weighted by atomic mass is 79.9. The maximum absolute atomic E-state index is 5.23. The number of hydrogen-bond donors (Lipinski definition) is 0. The van der Waals surface area contributed by atoms with Gasteiger partial charge in [0.25, 0.3) is 0 Å². The standard InChI is InChI=1S/C6H10O3.4BrH/c1(5-3-8-5)7-2-6-4-9-6;;;;/h5-6H,1-4H2;4*1H. The van der Waals surface area contributed by atoms with Crippen LogP contribution in [-0.2, 0) is 14.2 Å². The van der Waals surface area contributed by atoms with Crippen molar-refractivity contribution in [1.29, 1.82) is 0 Å². The third kappa shape index (κ3) is 10.1. The van der Waals surface area contributed by atoms with Crippen LogP contribution in [0.3, 0.4) is 0 Å². The lowest BCUT2D eigenvalue weighted by atomic mass is 10.5. The van der Waals surface area contributed by atoms with Gasteiger partial charge in [0.2, 0.25) is 0 Å². The third-order valence-corrected chi connectivity index (χ3v) is 1.41. The predicted octanol–water partition coefficient (Wildman–Crippen LogP) is 2.11. The van der Waals surface area contributed by atoms with E-state index >= 15 is 0 Å². The molecule has 2 aliphatic rings. The molecule has 2 aliphatic heterocycles. The quantitative estimate of drug-likeness (QED) is 0.612. The summed E-state index contributed by atoms with van der Waals surface area (Å²) in [6.07, 6.45) is 0.785. The van der Waals surface area contributed by atoms with Crippen LogP contribution >= 0.6 is 67.9 Å². The molecule has 2 heterocycles. The van der Waals surface area contributed by atoms with Gasteiger partial charge in [-0.05, 0) is 0 Å². The van der Waals surface area contributed by atoms with Crippen molar-refractivity contribution in [3.8, 4) is 0 Å². The number of rotatable bonds is 4. The lowest BCUT2D eigenvalue weighted by Gasteiger charge is -1.95. The van der Waals surface area contributed by atoms with Crippen LogP contribution in [0.2, 0.25) is 0 Å². The Morgan fingerprint density at radius 1 is 0.846 bits per heavy atom. The summed E-state index contributed by atoms with van der Waals surface area (Å²) < 4.78 is 15.1. The molecular formula is C6H14Br4O3. The molecule has 0 bridgehead atoms. The van der Waals surface area contributed by atoms with E-state index < -0.39 is 0 Å². The van der Waals surface area contributed by atoms with Crippen molar-refractivity contribution in [3.05, 3.63) is 0 Å². The van der Waals surface area contributed by atoms with Gasteiger partial charge in [0, 0.05) is 0 Å². The van der Waals surface area contributed by atoms with Crippen molar-refractivity contribution >= 4 is 67.9 Å². The highest BCUT2D eigenvalue weighted by Crippen LogP contribution is 2.12. The van der Waals surface area contributed by atoms with E-state index in [2.05, 4.69) is 0 Å². The minimum atomic E-state index is 0. The maximum Gasteiger partial charge on any atom is 0.104 e. The van der Waals surface area contributed by atoms with E-state index in [-0.39, 0.29) is 67.9 Å². The molecule has 2 fully saturated rings. The maximum atomic E-state index is 5.23.